The molecule has 1 aliphatic carbocycles. The van der Waals surface area contributed by atoms with Crippen LogP contribution >= 0.6 is 34.2 Å². The molecule has 1 aromatic heterocycles. The molecular weight excluding hydrogens is 338 g/mol. The first-order valence-electron chi connectivity index (χ1n) is 5.52. The third kappa shape index (κ3) is 3.05. The predicted octanol–water partition coefficient (Wildman–Crippen LogP) is 3.19. The molecule has 88 valence electrons. The summed E-state index contributed by atoms with van der Waals surface area (Å²) in [6, 6.07) is 0. The van der Waals surface area contributed by atoms with E-state index in [1.165, 1.54) is 12.8 Å². The van der Waals surface area contributed by atoms with Crippen LogP contribution in [-0.4, -0.2) is 23.2 Å². The molecule has 2 rings (SSSR count). The molecule has 0 saturated heterocycles. The number of hydrogen-bond donors (Lipinski definition) is 0. The van der Waals surface area contributed by atoms with Gasteiger partial charge < -0.3 is 4.74 Å². The maximum Gasteiger partial charge on any atom is 0.146 e. The molecule has 16 heavy (non-hydrogen) atoms. The molecule has 0 aromatic carbocycles. The molecule has 3 nitrogen and oxygen atoms in total. The SMILES string of the molecule is CCOCCc1nc(Cl)c(I)c(C2CC2)n1. The Kier molecular flexibility index (Phi) is 4.38. The summed E-state index contributed by atoms with van der Waals surface area (Å²) in [5.41, 5.74) is 1.13. The molecule has 0 amide bonds. The minimum atomic E-state index is 0.587. The molecule has 0 unspecified atom stereocenters. The van der Waals surface area contributed by atoms with Crippen molar-refractivity contribution in [2.45, 2.75) is 32.1 Å². The summed E-state index contributed by atoms with van der Waals surface area (Å²) < 4.78 is 6.31. The average Bonchev–Trinajstić information content (AvgIpc) is 3.07. The number of aromatic nitrogens is 2. The summed E-state index contributed by atoms with van der Waals surface area (Å²) in [4.78, 5) is 8.87. The van der Waals surface area contributed by atoms with Gasteiger partial charge in [0.05, 0.1) is 15.9 Å². The first-order chi connectivity index (χ1) is 7.72. The number of hydrogen-bond acceptors (Lipinski definition) is 3. The van der Waals surface area contributed by atoms with Gasteiger partial charge >= 0.3 is 0 Å². The summed E-state index contributed by atoms with van der Waals surface area (Å²) >= 11 is 8.34. The van der Waals surface area contributed by atoms with E-state index in [2.05, 4.69) is 32.6 Å². The van der Waals surface area contributed by atoms with Crippen LogP contribution in [0.5, 0.6) is 0 Å². The van der Waals surface area contributed by atoms with E-state index in [9.17, 15) is 0 Å². The van der Waals surface area contributed by atoms with Crippen LogP contribution in [0.3, 0.4) is 0 Å². The zero-order chi connectivity index (χ0) is 11.5. The van der Waals surface area contributed by atoms with Gasteiger partial charge in [0.25, 0.3) is 0 Å². The number of rotatable bonds is 5. The van der Waals surface area contributed by atoms with E-state index in [0.29, 0.717) is 17.7 Å². The maximum absolute atomic E-state index is 6.10. The minimum Gasteiger partial charge on any atom is -0.381 e. The van der Waals surface area contributed by atoms with Crippen LogP contribution in [-0.2, 0) is 11.2 Å². The molecule has 5 heteroatoms. The number of halogens is 2. The highest BCUT2D eigenvalue weighted by Crippen LogP contribution is 2.42. The van der Waals surface area contributed by atoms with Crippen LogP contribution in [0, 0.1) is 3.57 Å². The second-order valence-corrected chi connectivity index (χ2v) is 5.29. The molecule has 1 fully saturated rings. The van der Waals surface area contributed by atoms with E-state index in [1.54, 1.807) is 0 Å². The molecule has 0 spiro atoms. The fraction of sp³-hybridized carbons (Fsp3) is 0.636. The monoisotopic (exact) mass is 352 g/mol. The van der Waals surface area contributed by atoms with Crippen LogP contribution < -0.4 is 0 Å². The van der Waals surface area contributed by atoms with Gasteiger partial charge in [0, 0.05) is 18.9 Å². The van der Waals surface area contributed by atoms with Gasteiger partial charge in [-0.15, -0.1) is 0 Å². The topological polar surface area (TPSA) is 35.0 Å². The van der Waals surface area contributed by atoms with Gasteiger partial charge in [0.15, 0.2) is 0 Å². The maximum atomic E-state index is 6.10. The van der Waals surface area contributed by atoms with Crippen LogP contribution in [0.15, 0.2) is 0 Å². The van der Waals surface area contributed by atoms with E-state index in [1.807, 2.05) is 6.92 Å². The minimum absolute atomic E-state index is 0.587. The quantitative estimate of drug-likeness (QED) is 0.464. The Morgan fingerprint density at radius 3 is 2.81 bits per heavy atom. The fourth-order valence-corrected chi connectivity index (χ4v) is 2.40. The largest absolute Gasteiger partial charge is 0.381 e. The highest BCUT2D eigenvalue weighted by molar-refractivity contribution is 14.1. The summed E-state index contributed by atoms with van der Waals surface area (Å²) in [5, 5.41) is 0.587. The Balaban J connectivity index is 2.13. The molecule has 0 radical (unpaired) electrons. The molecular formula is C11H14ClIN2O. The second kappa shape index (κ2) is 5.60. The van der Waals surface area contributed by atoms with E-state index in [4.69, 9.17) is 16.3 Å². The van der Waals surface area contributed by atoms with Crippen molar-refractivity contribution >= 4 is 34.2 Å². The predicted molar refractivity (Wildman–Crippen MR) is 71.9 cm³/mol. The van der Waals surface area contributed by atoms with E-state index < -0.39 is 0 Å². The van der Waals surface area contributed by atoms with Gasteiger partial charge in [-0.2, -0.15) is 0 Å². The second-order valence-electron chi connectivity index (χ2n) is 3.85. The van der Waals surface area contributed by atoms with Crippen molar-refractivity contribution in [3.05, 3.63) is 20.2 Å². The lowest BCUT2D eigenvalue weighted by Crippen LogP contribution is -2.06. The van der Waals surface area contributed by atoms with Crippen molar-refractivity contribution in [2.75, 3.05) is 13.2 Å². The van der Waals surface area contributed by atoms with E-state index >= 15 is 0 Å². The van der Waals surface area contributed by atoms with Crippen molar-refractivity contribution in [3.8, 4) is 0 Å². The lowest BCUT2D eigenvalue weighted by atomic mass is 10.3. The van der Waals surface area contributed by atoms with Gasteiger partial charge in [-0.3, -0.25) is 0 Å². The standard InChI is InChI=1S/C11H14ClIN2O/c1-2-16-6-5-8-14-10(7-3-4-7)9(13)11(12)15-8/h7H,2-6H2,1H3. The molecule has 1 aromatic rings. The molecule has 0 bridgehead atoms. The number of nitrogens with zero attached hydrogens (tertiary/aromatic N) is 2. The van der Waals surface area contributed by atoms with Gasteiger partial charge in [-0.25, -0.2) is 9.97 Å². The van der Waals surface area contributed by atoms with Gasteiger partial charge in [0.1, 0.15) is 11.0 Å². The van der Waals surface area contributed by atoms with Crippen molar-refractivity contribution < 1.29 is 4.74 Å². The highest BCUT2D eigenvalue weighted by Gasteiger charge is 2.28. The third-order valence-corrected chi connectivity index (χ3v) is 4.18. The lowest BCUT2D eigenvalue weighted by molar-refractivity contribution is 0.149. The molecule has 0 N–H and O–H groups in total. The van der Waals surface area contributed by atoms with Crippen molar-refractivity contribution in [1.29, 1.82) is 0 Å². The number of ether oxygens (including phenoxy) is 1. The highest BCUT2D eigenvalue weighted by atomic mass is 127. The average molecular weight is 353 g/mol. The van der Waals surface area contributed by atoms with Crippen LogP contribution in [0.2, 0.25) is 5.15 Å². The van der Waals surface area contributed by atoms with E-state index in [0.717, 1.165) is 28.1 Å². The molecule has 0 aliphatic heterocycles. The Morgan fingerprint density at radius 1 is 1.44 bits per heavy atom. The first-order valence-corrected chi connectivity index (χ1v) is 6.97. The third-order valence-electron chi connectivity index (χ3n) is 2.52. The van der Waals surface area contributed by atoms with Crippen molar-refractivity contribution in [3.63, 3.8) is 0 Å². The van der Waals surface area contributed by atoms with Gasteiger partial charge in [-0.05, 0) is 42.4 Å². The summed E-state index contributed by atoms with van der Waals surface area (Å²) in [6.45, 7) is 3.38. The van der Waals surface area contributed by atoms with Crippen LogP contribution in [0.1, 0.15) is 37.2 Å². The van der Waals surface area contributed by atoms with Crippen LogP contribution in [0.25, 0.3) is 0 Å². The Bertz CT molecular complexity index is 382. The Hall–Kier alpha value is 0.0600. The molecule has 1 heterocycles. The smallest absolute Gasteiger partial charge is 0.146 e. The Labute approximate surface area is 114 Å². The van der Waals surface area contributed by atoms with Gasteiger partial charge in [0.2, 0.25) is 0 Å². The molecule has 0 atom stereocenters. The summed E-state index contributed by atoms with van der Waals surface area (Å²) in [6.07, 6.45) is 3.20. The van der Waals surface area contributed by atoms with Crippen molar-refractivity contribution in [2.24, 2.45) is 0 Å². The summed E-state index contributed by atoms with van der Waals surface area (Å²) in [7, 11) is 0. The lowest BCUT2D eigenvalue weighted by Gasteiger charge is -2.07. The molecule has 1 saturated carbocycles. The normalized spacial score (nSPS) is 15.4. The van der Waals surface area contributed by atoms with E-state index in [-0.39, 0.29) is 0 Å². The van der Waals surface area contributed by atoms with Crippen molar-refractivity contribution in [1.82, 2.24) is 9.97 Å². The molecule has 1 aliphatic rings. The Morgan fingerprint density at radius 2 is 2.19 bits per heavy atom. The zero-order valence-electron chi connectivity index (χ0n) is 9.17. The first kappa shape index (κ1) is 12.5. The zero-order valence-corrected chi connectivity index (χ0v) is 12.1. The fourth-order valence-electron chi connectivity index (χ4n) is 1.53. The van der Waals surface area contributed by atoms with Gasteiger partial charge in [-0.1, -0.05) is 11.6 Å². The summed E-state index contributed by atoms with van der Waals surface area (Å²) in [5.74, 6) is 1.42. The van der Waals surface area contributed by atoms with Crippen LogP contribution in [0.4, 0.5) is 0 Å².